The van der Waals surface area contributed by atoms with Gasteiger partial charge in [0.1, 0.15) is 0 Å². The normalized spacial score (nSPS) is 31.0. The Kier molecular flexibility index (Phi) is 4.84. The van der Waals surface area contributed by atoms with Gasteiger partial charge in [0.05, 0.1) is 5.92 Å². The maximum Gasteiger partial charge on any atom is 0.227 e. The number of carbonyl (C=O) groups excluding carboxylic acids is 1. The van der Waals surface area contributed by atoms with Crippen LogP contribution < -0.4 is 5.32 Å². The smallest absolute Gasteiger partial charge is 0.227 e. The Hall–Kier alpha value is -0.570. The maximum atomic E-state index is 12.6. The number of hydrogen-bond acceptors (Lipinski definition) is 2. The Labute approximate surface area is 105 Å². The lowest BCUT2D eigenvalue weighted by atomic mass is 9.96. The van der Waals surface area contributed by atoms with Gasteiger partial charge in [-0.25, -0.2) is 0 Å². The van der Waals surface area contributed by atoms with Crippen LogP contribution in [0.2, 0.25) is 0 Å². The third-order valence-electron chi connectivity index (χ3n) is 4.28. The Morgan fingerprint density at radius 3 is 2.82 bits per heavy atom. The van der Waals surface area contributed by atoms with Gasteiger partial charge in [0.25, 0.3) is 0 Å². The summed E-state index contributed by atoms with van der Waals surface area (Å²) in [5.74, 6) is 0.668. The van der Waals surface area contributed by atoms with Crippen molar-refractivity contribution in [3.63, 3.8) is 0 Å². The van der Waals surface area contributed by atoms with Crippen LogP contribution in [-0.4, -0.2) is 36.5 Å². The molecule has 3 heteroatoms. The quantitative estimate of drug-likeness (QED) is 0.799. The number of amides is 1. The van der Waals surface area contributed by atoms with Crippen molar-refractivity contribution in [3.05, 3.63) is 0 Å². The van der Waals surface area contributed by atoms with E-state index < -0.39 is 0 Å². The van der Waals surface area contributed by atoms with E-state index in [1.807, 2.05) is 0 Å². The van der Waals surface area contributed by atoms with E-state index in [0.717, 1.165) is 38.9 Å². The average Bonchev–Trinajstić information content (AvgIpc) is 2.64. The van der Waals surface area contributed by atoms with Crippen molar-refractivity contribution in [1.29, 1.82) is 0 Å². The Morgan fingerprint density at radius 1 is 1.24 bits per heavy atom. The molecule has 2 rings (SSSR count). The van der Waals surface area contributed by atoms with Crippen molar-refractivity contribution in [2.45, 2.75) is 57.9 Å². The fourth-order valence-electron chi connectivity index (χ4n) is 3.19. The SMILES string of the molecule is CCC1CCCCCN1C(=O)[C@H]1CCCNC1. The summed E-state index contributed by atoms with van der Waals surface area (Å²) in [7, 11) is 0. The monoisotopic (exact) mass is 238 g/mol. The lowest BCUT2D eigenvalue weighted by molar-refractivity contribution is -0.138. The molecule has 0 aromatic carbocycles. The summed E-state index contributed by atoms with van der Waals surface area (Å²) in [6.45, 7) is 5.19. The zero-order valence-electron chi connectivity index (χ0n) is 11.1. The van der Waals surface area contributed by atoms with E-state index in [1.165, 1.54) is 25.7 Å². The van der Waals surface area contributed by atoms with Crippen molar-refractivity contribution < 1.29 is 4.79 Å². The van der Waals surface area contributed by atoms with Gasteiger partial charge in [0.15, 0.2) is 0 Å². The highest BCUT2D eigenvalue weighted by Crippen LogP contribution is 2.23. The molecule has 0 aromatic heterocycles. The lowest BCUT2D eigenvalue weighted by Gasteiger charge is -2.34. The highest BCUT2D eigenvalue weighted by molar-refractivity contribution is 5.79. The molecule has 2 aliphatic rings. The molecule has 0 aliphatic carbocycles. The molecular formula is C14H26N2O. The van der Waals surface area contributed by atoms with Crippen LogP contribution in [0.1, 0.15) is 51.9 Å². The zero-order chi connectivity index (χ0) is 12.1. The molecule has 0 aromatic rings. The molecule has 2 fully saturated rings. The molecular weight excluding hydrogens is 212 g/mol. The van der Waals surface area contributed by atoms with Crippen molar-refractivity contribution in [2.75, 3.05) is 19.6 Å². The number of piperidine rings is 1. The van der Waals surface area contributed by atoms with Crippen LogP contribution in [0.5, 0.6) is 0 Å². The summed E-state index contributed by atoms with van der Waals surface area (Å²) in [5.41, 5.74) is 0. The molecule has 2 heterocycles. The van der Waals surface area contributed by atoms with Crippen molar-refractivity contribution in [3.8, 4) is 0 Å². The van der Waals surface area contributed by atoms with Crippen LogP contribution in [0.15, 0.2) is 0 Å². The summed E-state index contributed by atoms with van der Waals surface area (Å²) in [6, 6.07) is 0.506. The summed E-state index contributed by atoms with van der Waals surface area (Å²) >= 11 is 0. The fourth-order valence-corrected chi connectivity index (χ4v) is 3.19. The molecule has 0 bridgehead atoms. The fraction of sp³-hybridized carbons (Fsp3) is 0.929. The molecule has 2 saturated heterocycles. The van der Waals surface area contributed by atoms with E-state index in [9.17, 15) is 4.79 Å². The summed E-state index contributed by atoms with van der Waals surface area (Å²) < 4.78 is 0. The number of nitrogens with one attached hydrogen (secondary N) is 1. The first kappa shape index (κ1) is 12.9. The Morgan fingerprint density at radius 2 is 2.12 bits per heavy atom. The van der Waals surface area contributed by atoms with E-state index >= 15 is 0 Å². The van der Waals surface area contributed by atoms with E-state index in [2.05, 4.69) is 17.1 Å². The second-order valence-corrected chi connectivity index (χ2v) is 5.49. The highest BCUT2D eigenvalue weighted by atomic mass is 16.2. The molecule has 2 atom stereocenters. The summed E-state index contributed by atoms with van der Waals surface area (Å²) in [4.78, 5) is 14.8. The molecule has 2 aliphatic heterocycles. The Bertz CT molecular complexity index is 249. The predicted octanol–water partition coefficient (Wildman–Crippen LogP) is 2.17. The first-order valence-electron chi connectivity index (χ1n) is 7.34. The van der Waals surface area contributed by atoms with Gasteiger partial charge in [-0.3, -0.25) is 4.79 Å². The van der Waals surface area contributed by atoms with Crippen LogP contribution in [0, 0.1) is 5.92 Å². The third kappa shape index (κ3) is 3.21. The van der Waals surface area contributed by atoms with Crippen molar-refractivity contribution in [2.24, 2.45) is 5.92 Å². The first-order valence-corrected chi connectivity index (χ1v) is 7.34. The van der Waals surface area contributed by atoms with Crippen LogP contribution in [-0.2, 0) is 4.79 Å². The molecule has 98 valence electrons. The van der Waals surface area contributed by atoms with E-state index in [0.29, 0.717) is 11.9 Å². The molecule has 0 spiro atoms. The van der Waals surface area contributed by atoms with Gasteiger partial charge in [-0.05, 0) is 38.6 Å². The second-order valence-electron chi connectivity index (χ2n) is 5.49. The zero-order valence-corrected chi connectivity index (χ0v) is 11.1. The maximum absolute atomic E-state index is 12.6. The minimum atomic E-state index is 0.246. The standard InChI is InChI=1S/C14H26N2O/c1-2-13-8-4-3-5-10-16(13)14(17)12-7-6-9-15-11-12/h12-13,15H,2-11H2,1H3/t12-,13?/m0/s1. The van der Waals surface area contributed by atoms with Gasteiger partial charge in [-0.2, -0.15) is 0 Å². The number of hydrogen-bond donors (Lipinski definition) is 1. The highest BCUT2D eigenvalue weighted by Gasteiger charge is 2.30. The topological polar surface area (TPSA) is 32.3 Å². The number of rotatable bonds is 2. The molecule has 0 saturated carbocycles. The molecule has 1 amide bonds. The van der Waals surface area contributed by atoms with Crippen molar-refractivity contribution in [1.82, 2.24) is 10.2 Å². The molecule has 0 radical (unpaired) electrons. The van der Waals surface area contributed by atoms with Crippen LogP contribution in [0.25, 0.3) is 0 Å². The van der Waals surface area contributed by atoms with Gasteiger partial charge in [0, 0.05) is 19.1 Å². The average molecular weight is 238 g/mol. The molecule has 1 unspecified atom stereocenters. The lowest BCUT2D eigenvalue weighted by Crippen LogP contribution is -2.47. The number of carbonyl (C=O) groups is 1. The predicted molar refractivity (Wildman–Crippen MR) is 69.9 cm³/mol. The van der Waals surface area contributed by atoms with Gasteiger partial charge < -0.3 is 10.2 Å². The molecule has 1 N–H and O–H groups in total. The van der Waals surface area contributed by atoms with Crippen LogP contribution in [0.4, 0.5) is 0 Å². The second kappa shape index (κ2) is 6.39. The number of nitrogens with zero attached hydrogens (tertiary/aromatic N) is 1. The summed E-state index contributed by atoms with van der Waals surface area (Å²) in [6.07, 6.45) is 8.35. The van der Waals surface area contributed by atoms with Crippen LogP contribution in [0.3, 0.4) is 0 Å². The van der Waals surface area contributed by atoms with Gasteiger partial charge in [-0.1, -0.05) is 19.8 Å². The molecule has 3 nitrogen and oxygen atoms in total. The van der Waals surface area contributed by atoms with Gasteiger partial charge >= 0.3 is 0 Å². The van der Waals surface area contributed by atoms with Gasteiger partial charge in [-0.15, -0.1) is 0 Å². The minimum Gasteiger partial charge on any atom is -0.339 e. The van der Waals surface area contributed by atoms with Crippen molar-refractivity contribution >= 4 is 5.91 Å². The minimum absolute atomic E-state index is 0.246. The van der Waals surface area contributed by atoms with Crippen LogP contribution >= 0.6 is 0 Å². The van der Waals surface area contributed by atoms with E-state index in [4.69, 9.17) is 0 Å². The Balaban J connectivity index is 1.98. The first-order chi connectivity index (χ1) is 8.33. The molecule has 17 heavy (non-hydrogen) atoms. The van der Waals surface area contributed by atoms with E-state index in [1.54, 1.807) is 0 Å². The number of likely N-dealkylation sites (tertiary alicyclic amines) is 1. The van der Waals surface area contributed by atoms with Gasteiger partial charge in [0.2, 0.25) is 5.91 Å². The third-order valence-corrected chi connectivity index (χ3v) is 4.28. The largest absolute Gasteiger partial charge is 0.339 e. The van der Waals surface area contributed by atoms with E-state index in [-0.39, 0.29) is 5.92 Å². The summed E-state index contributed by atoms with van der Waals surface area (Å²) in [5, 5.41) is 3.36.